The van der Waals surface area contributed by atoms with Gasteiger partial charge in [-0.15, -0.1) is 0 Å². The molecule has 0 aromatic heterocycles. The van der Waals surface area contributed by atoms with E-state index in [4.69, 9.17) is 0 Å². The molecule has 0 radical (unpaired) electrons. The number of nitrogens with one attached hydrogen (secondary N) is 1. The second-order valence-corrected chi connectivity index (χ2v) is 9.08. The Bertz CT molecular complexity index is 903. The molecule has 1 aliphatic rings. The Kier molecular flexibility index (Phi) is 6.24. The fourth-order valence-electron chi connectivity index (χ4n) is 3.43. The molecule has 0 aliphatic carbocycles. The van der Waals surface area contributed by atoms with Crippen molar-refractivity contribution in [2.24, 2.45) is 0 Å². The molecule has 7 heteroatoms. The molecule has 1 heterocycles. The van der Waals surface area contributed by atoms with E-state index >= 15 is 0 Å². The van der Waals surface area contributed by atoms with Gasteiger partial charge in [0.1, 0.15) is 0 Å². The summed E-state index contributed by atoms with van der Waals surface area (Å²) >= 11 is 0. The molecule has 0 unspecified atom stereocenters. The van der Waals surface area contributed by atoms with Crippen molar-refractivity contribution in [2.45, 2.75) is 25.8 Å². The SMILES string of the molecule is CN(Cc1ccc(N2CCCCC2)cc1)C(=O)c1ccc(NS(C)(=O)=O)cc1. The molecule has 1 saturated heterocycles. The number of nitrogens with zero attached hydrogens (tertiary/aromatic N) is 2. The van der Waals surface area contributed by atoms with Crippen molar-refractivity contribution in [2.75, 3.05) is 36.0 Å². The van der Waals surface area contributed by atoms with E-state index in [2.05, 4.69) is 33.9 Å². The van der Waals surface area contributed by atoms with Crippen molar-refractivity contribution in [3.63, 3.8) is 0 Å². The predicted molar refractivity (Wildman–Crippen MR) is 113 cm³/mol. The monoisotopic (exact) mass is 401 g/mol. The zero-order valence-corrected chi connectivity index (χ0v) is 17.2. The van der Waals surface area contributed by atoms with E-state index in [-0.39, 0.29) is 5.91 Å². The maximum Gasteiger partial charge on any atom is 0.253 e. The third-order valence-electron chi connectivity index (χ3n) is 4.86. The highest BCUT2D eigenvalue weighted by molar-refractivity contribution is 7.92. The minimum atomic E-state index is -3.33. The first-order valence-electron chi connectivity index (χ1n) is 9.49. The Hall–Kier alpha value is -2.54. The highest BCUT2D eigenvalue weighted by Crippen LogP contribution is 2.21. The first-order chi connectivity index (χ1) is 13.3. The van der Waals surface area contributed by atoms with Gasteiger partial charge in [-0.2, -0.15) is 0 Å². The lowest BCUT2D eigenvalue weighted by molar-refractivity contribution is 0.0785. The number of carbonyl (C=O) groups is 1. The maximum atomic E-state index is 12.6. The number of piperidine rings is 1. The lowest BCUT2D eigenvalue weighted by Crippen LogP contribution is -2.29. The van der Waals surface area contributed by atoms with Crippen LogP contribution in [0.15, 0.2) is 48.5 Å². The Morgan fingerprint density at radius 1 is 1.00 bits per heavy atom. The van der Waals surface area contributed by atoms with Crippen molar-refractivity contribution >= 4 is 27.3 Å². The number of carbonyl (C=O) groups excluding carboxylic acids is 1. The summed E-state index contributed by atoms with van der Waals surface area (Å²) in [5, 5.41) is 0. The van der Waals surface area contributed by atoms with Crippen LogP contribution in [-0.2, 0) is 16.6 Å². The minimum absolute atomic E-state index is 0.106. The molecule has 0 atom stereocenters. The topological polar surface area (TPSA) is 69.7 Å². The molecular weight excluding hydrogens is 374 g/mol. The first kappa shape index (κ1) is 20.2. The van der Waals surface area contributed by atoms with Gasteiger partial charge in [-0.3, -0.25) is 9.52 Å². The normalized spacial score (nSPS) is 14.6. The van der Waals surface area contributed by atoms with Gasteiger partial charge in [0.2, 0.25) is 10.0 Å². The van der Waals surface area contributed by atoms with Gasteiger partial charge in [0.15, 0.2) is 0 Å². The standard InChI is InChI=1S/C21H27N3O3S/c1-23(21(25)18-8-10-19(11-9-18)22-28(2,26)27)16-17-6-12-20(13-7-17)24-14-4-3-5-15-24/h6-13,22H,3-5,14-16H2,1-2H3. The second kappa shape index (κ2) is 8.65. The molecule has 150 valence electrons. The van der Waals surface area contributed by atoms with Crippen molar-refractivity contribution in [1.29, 1.82) is 0 Å². The molecule has 1 amide bonds. The average molecular weight is 402 g/mol. The number of amides is 1. The van der Waals surface area contributed by atoms with Crippen molar-refractivity contribution in [3.8, 4) is 0 Å². The number of hydrogen-bond donors (Lipinski definition) is 1. The summed E-state index contributed by atoms with van der Waals surface area (Å²) in [6.07, 6.45) is 4.90. The molecule has 6 nitrogen and oxygen atoms in total. The smallest absolute Gasteiger partial charge is 0.253 e. The summed E-state index contributed by atoms with van der Waals surface area (Å²) in [6, 6.07) is 14.9. The van der Waals surface area contributed by atoms with Gasteiger partial charge in [0, 0.05) is 43.6 Å². The third kappa shape index (κ3) is 5.48. The summed E-state index contributed by atoms with van der Waals surface area (Å²) in [6.45, 7) is 2.74. The van der Waals surface area contributed by atoms with Crippen LogP contribution in [-0.4, -0.2) is 45.6 Å². The van der Waals surface area contributed by atoms with Crippen LogP contribution in [0, 0.1) is 0 Å². The van der Waals surface area contributed by atoms with Gasteiger partial charge >= 0.3 is 0 Å². The van der Waals surface area contributed by atoms with Crippen LogP contribution in [0.2, 0.25) is 0 Å². The summed E-state index contributed by atoms with van der Waals surface area (Å²) in [4.78, 5) is 16.7. The Morgan fingerprint density at radius 2 is 1.61 bits per heavy atom. The van der Waals surface area contributed by atoms with Gasteiger partial charge in [-0.1, -0.05) is 12.1 Å². The van der Waals surface area contributed by atoms with E-state index in [1.54, 1.807) is 36.2 Å². The summed E-state index contributed by atoms with van der Waals surface area (Å²) in [7, 11) is -1.56. The van der Waals surface area contributed by atoms with E-state index in [0.717, 1.165) is 24.9 Å². The molecule has 0 bridgehead atoms. The van der Waals surface area contributed by atoms with E-state index in [1.807, 2.05) is 0 Å². The molecule has 2 aromatic carbocycles. The second-order valence-electron chi connectivity index (χ2n) is 7.33. The van der Waals surface area contributed by atoms with Crippen LogP contribution in [0.5, 0.6) is 0 Å². The molecule has 1 N–H and O–H groups in total. The highest BCUT2D eigenvalue weighted by atomic mass is 32.2. The van der Waals surface area contributed by atoms with E-state index in [1.165, 1.54) is 24.9 Å². The van der Waals surface area contributed by atoms with E-state index in [0.29, 0.717) is 17.8 Å². The maximum absolute atomic E-state index is 12.6. The molecule has 1 aliphatic heterocycles. The molecule has 2 aromatic rings. The van der Waals surface area contributed by atoms with Crippen LogP contribution in [0.4, 0.5) is 11.4 Å². The van der Waals surface area contributed by atoms with E-state index < -0.39 is 10.0 Å². The minimum Gasteiger partial charge on any atom is -0.372 e. The van der Waals surface area contributed by atoms with Crippen molar-refractivity contribution in [3.05, 3.63) is 59.7 Å². The summed E-state index contributed by atoms with van der Waals surface area (Å²) < 4.78 is 24.9. The van der Waals surface area contributed by atoms with Gasteiger partial charge in [0.25, 0.3) is 5.91 Å². The quantitative estimate of drug-likeness (QED) is 0.806. The zero-order valence-electron chi connectivity index (χ0n) is 16.4. The van der Waals surface area contributed by atoms with Crippen LogP contribution in [0.3, 0.4) is 0 Å². The van der Waals surface area contributed by atoms with Crippen molar-refractivity contribution in [1.82, 2.24) is 4.90 Å². The van der Waals surface area contributed by atoms with Crippen LogP contribution in [0.25, 0.3) is 0 Å². The van der Waals surface area contributed by atoms with Crippen LogP contribution < -0.4 is 9.62 Å². The number of hydrogen-bond acceptors (Lipinski definition) is 4. The lowest BCUT2D eigenvalue weighted by atomic mass is 10.1. The van der Waals surface area contributed by atoms with Crippen molar-refractivity contribution < 1.29 is 13.2 Å². The van der Waals surface area contributed by atoms with Gasteiger partial charge in [-0.05, 0) is 61.2 Å². The number of rotatable bonds is 6. The summed E-state index contributed by atoms with van der Waals surface area (Å²) in [5.74, 6) is -0.106. The van der Waals surface area contributed by atoms with Gasteiger partial charge in [-0.25, -0.2) is 8.42 Å². The zero-order chi connectivity index (χ0) is 20.1. The largest absolute Gasteiger partial charge is 0.372 e. The fourth-order valence-corrected chi connectivity index (χ4v) is 3.99. The molecule has 0 saturated carbocycles. The number of benzene rings is 2. The number of anilines is 2. The lowest BCUT2D eigenvalue weighted by Gasteiger charge is -2.29. The Balaban J connectivity index is 1.60. The van der Waals surface area contributed by atoms with E-state index in [9.17, 15) is 13.2 Å². The Morgan fingerprint density at radius 3 is 2.18 bits per heavy atom. The molecule has 1 fully saturated rings. The molecule has 0 spiro atoms. The fraction of sp³-hybridized carbons (Fsp3) is 0.381. The first-order valence-corrected chi connectivity index (χ1v) is 11.4. The average Bonchev–Trinajstić information content (AvgIpc) is 2.68. The molecule has 28 heavy (non-hydrogen) atoms. The van der Waals surface area contributed by atoms with Crippen LogP contribution >= 0.6 is 0 Å². The molecular formula is C21H27N3O3S. The highest BCUT2D eigenvalue weighted by Gasteiger charge is 2.14. The number of sulfonamides is 1. The van der Waals surface area contributed by atoms with Gasteiger partial charge in [0.05, 0.1) is 6.26 Å². The van der Waals surface area contributed by atoms with Crippen LogP contribution in [0.1, 0.15) is 35.2 Å². The third-order valence-corrected chi connectivity index (χ3v) is 5.47. The molecule has 3 rings (SSSR count). The predicted octanol–water partition coefficient (Wildman–Crippen LogP) is 3.32. The Labute approximate surface area is 167 Å². The summed E-state index contributed by atoms with van der Waals surface area (Å²) in [5.41, 5.74) is 3.28. The van der Waals surface area contributed by atoms with Gasteiger partial charge < -0.3 is 9.80 Å².